The number of hydrogen-bond acceptors (Lipinski definition) is 6. The summed E-state index contributed by atoms with van der Waals surface area (Å²) in [5, 5.41) is 17.9. The predicted octanol–water partition coefficient (Wildman–Crippen LogP) is 0.127. The van der Waals surface area contributed by atoms with E-state index in [1.165, 1.54) is 0 Å². The van der Waals surface area contributed by atoms with Crippen LogP contribution >= 0.6 is 0 Å². The van der Waals surface area contributed by atoms with Crippen LogP contribution in [-0.4, -0.2) is 56.0 Å². The molecule has 3 heterocycles. The smallest absolute Gasteiger partial charge is 0.225 e. The highest BCUT2D eigenvalue weighted by molar-refractivity contribution is 5.79. The van der Waals surface area contributed by atoms with Crippen molar-refractivity contribution in [2.24, 2.45) is 7.05 Å². The minimum absolute atomic E-state index is 0.109. The van der Waals surface area contributed by atoms with Gasteiger partial charge in [0.2, 0.25) is 11.9 Å². The average Bonchev–Trinajstić information content (AvgIpc) is 3.10. The molecule has 1 aliphatic rings. The molecule has 2 aromatic heterocycles. The molecule has 0 spiro atoms. The van der Waals surface area contributed by atoms with Crippen molar-refractivity contribution in [3.63, 3.8) is 0 Å². The number of nitrogens with one attached hydrogen (secondary N) is 1. The van der Waals surface area contributed by atoms with Gasteiger partial charge in [0.25, 0.3) is 0 Å². The molecule has 1 aliphatic heterocycles. The average molecular weight is 344 g/mol. The van der Waals surface area contributed by atoms with Gasteiger partial charge in [-0.15, -0.1) is 0 Å². The second kappa shape index (κ2) is 6.79. The molecule has 0 saturated carbocycles. The molecule has 134 valence electrons. The zero-order valence-corrected chi connectivity index (χ0v) is 14.9. The van der Waals surface area contributed by atoms with Crippen molar-refractivity contribution < 1.29 is 9.90 Å². The first-order chi connectivity index (χ1) is 11.9. The van der Waals surface area contributed by atoms with Crippen LogP contribution in [0.4, 0.5) is 5.95 Å². The molecule has 2 aromatic rings. The summed E-state index contributed by atoms with van der Waals surface area (Å²) in [6, 6.07) is 1.76. The summed E-state index contributed by atoms with van der Waals surface area (Å²) in [4.78, 5) is 22.6. The molecular formula is C17H24N6O2. The summed E-state index contributed by atoms with van der Waals surface area (Å²) in [5.41, 5.74) is 1.83. The van der Waals surface area contributed by atoms with Crippen molar-refractivity contribution in [3.05, 3.63) is 35.4 Å². The van der Waals surface area contributed by atoms with Crippen molar-refractivity contribution in [3.8, 4) is 0 Å². The van der Waals surface area contributed by atoms with E-state index in [9.17, 15) is 9.90 Å². The number of aryl methyl sites for hydroxylation is 2. The second-order valence-corrected chi connectivity index (χ2v) is 6.67. The maximum Gasteiger partial charge on any atom is 0.225 e. The zero-order chi connectivity index (χ0) is 18.0. The van der Waals surface area contributed by atoms with Crippen molar-refractivity contribution in [2.75, 3.05) is 24.5 Å². The Labute approximate surface area is 146 Å². The lowest BCUT2D eigenvalue weighted by molar-refractivity contribution is -0.121. The molecule has 0 aliphatic carbocycles. The Morgan fingerprint density at radius 2 is 2.08 bits per heavy atom. The van der Waals surface area contributed by atoms with Gasteiger partial charge in [-0.05, 0) is 26.3 Å². The molecule has 0 bridgehead atoms. The summed E-state index contributed by atoms with van der Waals surface area (Å²) < 4.78 is 1.78. The van der Waals surface area contributed by atoms with Gasteiger partial charge in [0.1, 0.15) is 5.60 Å². The Morgan fingerprint density at radius 3 is 2.72 bits per heavy atom. The summed E-state index contributed by atoms with van der Waals surface area (Å²) in [6.07, 6.45) is 4.20. The van der Waals surface area contributed by atoms with Crippen LogP contribution in [-0.2, 0) is 18.3 Å². The number of nitrogens with zero attached hydrogens (tertiary/aromatic N) is 5. The van der Waals surface area contributed by atoms with Crippen LogP contribution in [0.1, 0.15) is 23.4 Å². The van der Waals surface area contributed by atoms with Crippen LogP contribution in [0.3, 0.4) is 0 Å². The van der Waals surface area contributed by atoms with Gasteiger partial charge < -0.3 is 15.3 Å². The predicted molar refractivity (Wildman–Crippen MR) is 93.2 cm³/mol. The van der Waals surface area contributed by atoms with Gasteiger partial charge in [0.15, 0.2) is 0 Å². The highest BCUT2D eigenvalue weighted by Crippen LogP contribution is 2.23. The molecule has 8 nitrogen and oxygen atoms in total. The van der Waals surface area contributed by atoms with Gasteiger partial charge in [0.05, 0.1) is 18.7 Å². The quantitative estimate of drug-likeness (QED) is 0.800. The minimum atomic E-state index is -0.964. The molecular weight excluding hydrogens is 320 g/mol. The number of anilines is 1. The molecule has 1 atom stereocenters. The molecule has 8 heteroatoms. The fourth-order valence-corrected chi connectivity index (χ4v) is 3.19. The highest BCUT2D eigenvalue weighted by atomic mass is 16.3. The van der Waals surface area contributed by atoms with Gasteiger partial charge in [-0.3, -0.25) is 9.48 Å². The molecule has 1 amide bonds. The van der Waals surface area contributed by atoms with E-state index >= 15 is 0 Å². The van der Waals surface area contributed by atoms with Crippen LogP contribution in [0.15, 0.2) is 18.5 Å². The van der Waals surface area contributed by atoms with Gasteiger partial charge in [-0.2, -0.15) is 5.10 Å². The van der Waals surface area contributed by atoms with E-state index in [2.05, 4.69) is 20.4 Å². The standard InChI is InChI=1S/C17H24N6O2/c1-12-14(13(2)22(3)21-12)9-15(24)20-10-17(25)5-8-23(11-17)16-18-6-4-7-19-16/h4,6-7,25H,5,8-11H2,1-3H3,(H,20,24)/t17-/m0/s1. The molecule has 2 N–H and O–H groups in total. The lowest BCUT2D eigenvalue weighted by Gasteiger charge is -2.23. The first kappa shape index (κ1) is 17.3. The van der Waals surface area contributed by atoms with Crippen molar-refractivity contribution in [1.29, 1.82) is 0 Å². The normalized spacial score (nSPS) is 20.1. The monoisotopic (exact) mass is 344 g/mol. The number of β-amino-alcohol motifs (C(OH)–C–C–N with tert-alkyl or cyclic N) is 1. The largest absolute Gasteiger partial charge is 0.386 e. The summed E-state index contributed by atoms with van der Waals surface area (Å²) in [7, 11) is 1.87. The van der Waals surface area contributed by atoms with E-state index in [1.807, 2.05) is 25.8 Å². The van der Waals surface area contributed by atoms with E-state index in [-0.39, 0.29) is 18.9 Å². The Kier molecular flexibility index (Phi) is 4.71. The third-order valence-corrected chi connectivity index (χ3v) is 4.78. The van der Waals surface area contributed by atoms with E-state index in [4.69, 9.17) is 0 Å². The lowest BCUT2D eigenvalue weighted by atomic mass is 10.0. The molecule has 0 unspecified atom stereocenters. The Bertz CT molecular complexity index is 760. The van der Waals surface area contributed by atoms with Crippen molar-refractivity contribution >= 4 is 11.9 Å². The van der Waals surface area contributed by atoms with Gasteiger partial charge in [-0.25, -0.2) is 9.97 Å². The third kappa shape index (κ3) is 3.79. The van der Waals surface area contributed by atoms with Crippen molar-refractivity contribution in [2.45, 2.75) is 32.3 Å². The SMILES string of the molecule is Cc1nn(C)c(C)c1CC(=O)NC[C@@]1(O)CCN(c2ncccn2)C1. The molecule has 1 fully saturated rings. The summed E-state index contributed by atoms with van der Waals surface area (Å²) >= 11 is 0. The maximum absolute atomic E-state index is 12.3. The molecule has 0 radical (unpaired) electrons. The second-order valence-electron chi connectivity index (χ2n) is 6.67. The van der Waals surface area contributed by atoms with Gasteiger partial charge in [0, 0.05) is 43.8 Å². The van der Waals surface area contributed by atoms with Crippen LogP contribution < -0.4 is 10.2 Å². The number of hydrogen-bond donors (Lipinski definition) is 2. The van der Waals surface area contributed by atoms with E-state index in [0.717, 1.165) is 17.0 Å². The molecule has 1 saturated heterocycles. The Hall–Kier alpha value is -2.48. The number of carbonyl (C=O) groups is 1. The van der Waals surface area contributed by atoms with E-state index in [0.29, 0.717) is 25.5 Å². The van der Waals surface area contributed by atoms with Crippen molar-refractivity contribution in [1.82, 2.24) is 25.1 Å². The molecule has 0 aromatic carbocycles. The third-order valence-electron chi connectivity index (χ3n) is 4.78. The number of aromatic nitrogens is 4. The summed E-state index contributed by atoms with van der Waals surface area (Å²) in [5.74, 6) is 0.494. The van der Waals surface area contributed by atoms with Gasteiger partial charge >= 0.3 is 0 Å². The zero-order valence-electron chi connectivity index (χ0n) is 14.9. The van der Waals surface area contributed by atoms with Crippen LogP contribution in [0.5, 0.6) is 0 Å². The summed E-state index contributed by atoms with van der Waals surface area (Å²) in [6.45, 7) is 5.13. The van der Waals surface area contributed by atoms with E-state index < -0.39 is 5.60 Å². The fourth-order valence-electron chi connectivity index (χ4n) is 3.19. The number of aliphatic hydroxyl groups is 1. The number of carbonyl (C=O) groups excluding carboxylic acids is 1. The highest BCUT2D eigenvalue weighted by Gasteiger charge is 2.37. The van der Waals surface area contributed by atoms with Crippen LogP contribution in [0, 0.1) is 13.8 Å². The molecule has 25 heavy (non-hydrogen) atoms. The maximum atomic E-state index is 12.3. The van der Waals surface area contributed by atoms with E-state index in [1.54, 1.807) is 23.1 Å². The molecule has 3 rings (SSSR count). The Morgan fingerprint density at radius 1 is 1.36 bits per heavy atom. The van der Waals surface area contributed by atoms with Gasteiger partial charge in [-0.1, -0.05) is 0 Å². The lowest BCUT2D eigenvalue weighted by Crippen LogP contribution is -2.45. The Balaban J connectivity index is 1.55. The van der Waals surface area contributed by atoms with Crippen LogP contribution in [0.25, 0.3) is 0 Å². The first-order valence-corrected chi connectivity index (χ1v) is 8.38. The number of rotatable bonds is 5. The fraction of sp³-hybridized carbons (Fsp3) is 0.529. The van der Waals surface area contributed by atoms with Crippen LogP contribution in [0.2, 0.25) is 0 Å². The first-order valence-electron chi connectivity index (χ1n) is 8.38. The minimum Gasteiger partial charge on any atom is -0.386 e. The topological polar surface area (TPSA) is 96.2 Å². The number of amides is 1.